The molecule has 2 N–H and O–H groups in total. The van der Waals surface area contributed by atoms with Crippen LogP contribution in [-0.2, 0) is 9.59 Å². The van der Waals surface area contributed by atoms with Gasteiger partial charge in [-0.15, -0.1) is 0 Å². The zero-order valence-electron chi connectivity index (χ0n) is 10.0. The molecule has 1 saturated carbocycles. The molecule has 0 aromatic heterocycles. The minimum Gasteiger partial charge on any atom is -0.481 e. The van der Waals surface area contributed by atoms with Crippen LogP contribution in [-0.4, -0.2) is 17.0 Å². The standard InChI is InChI=1S/C13H13ClFNO3/c14-10-4-3-9(15)6-11(10)16-12(17)7-1-2-8(5-7)13(18)19/h3-4,6-8H,1-2,5H2,(H,16,17)(H,18,19). The monoisotopic (exact) mass is 285 g/mol. The van der Waals surface area contributed by atoms with Gasteiger partial charge in [0.05, 0.1) is 16.6 Å². The van der Waals surface area contributed by atoms with Gasteiger partial charge in [-0.3, -0.25) is 9.59 Å². The van der Waals surface area contributed by atoms with Crippen LogP contribution in [0.2, 0.25) is 5.02 Å². The van der Waals surface area contributed by atoms with Gasteiger partial charge in [-0.1, -0.05) is 11.6 Å². The molecule has 6 heteroatoms. The largest absolute Gasteiger partial charge is 0.481 e. The summed E-state index contributed by atoms with van der Waals surface area (Å²) >= 11 is 5.85. The quantitative estimate of drug-likeness (QED) is 0.897. The average molecular weight is 286 g/mol. The van der Waals surface area contributed by atoms with Gasteiger partial charge in [0.1, 0.15) is 5.82 Å². The lowest BCUT2D eigenvalue weighted by Crippen LogP contribution is -2.22. The molecular formula is C13H13ClFNO3. The van der Waals surface area contributed by atoms with Crippen molar-refractivity contribution in [3.05, 3.63) is 29.0 Å². The van der Waals surface area contributed by atoms with Crippen LogP contribution in [0.25, 0.3) is 0 Å². The van der Waals surface area contributed by atoms with E-state index < -0.39 is 17.7 Å². The molecule has 1 fully saturated rings. The van der Waals surface area contributed by atoms with Gasteiger partial charge in [0.15, 0.2) is 0 Å². The van der Waals surface area contributed by atoms with E-state index in [0.29, 0.717) is 19.3 Å². The Labute approximate surface area is 114 Å². The zero-order valence-corrected chi connectivity index (χ0v) is 10.8. The Morgan fingerprint density at radius 3 is 2.63 bits per heavy atom. The summed E-state index contributed by atoms with van der Waals surface area (Å²) in [5.41, 5.74) is 0.213. The van der Waals surface area contributed by atoms with Crippen LogP contribution in [0.4, 0.5) is 10.1 Å². The maximum Gasteiger partial charge on any atom is 0.306 e. The minimum atomic E-state index is -0.876. The van der Waals surface area contributed by atoms with Crippen molar-refractivity contribution in [1.82, 2.24) is 0 Å². The first-order valence-corrected chi connectivity index (χ1v) is 6.34. The van der Waals surface area contributed by atoms with E-state index in [1.165, 1.54) is 12.1 Å². The molecule has 0 spiro atoms. The van der Waals surface area contributed by atoms with Crippen LogP contribution >= 0.6 is 11.6 Å². The summed E-state index contributed by atoms with van der Waals surface area (Å²) in [4.78, 5) is 22.8. The molecule has 1 aromatic rings. The molecule has 0 bridgehead atoms. The van der Waals surface area contributed by atoms with Gasteiger partial charge >= 0.3 is 5.97 Å². The van der Waals surface area contributed by atoms with E-state index >= 15 is 0 Å². The van der Waals surface area contributed by atoms with Crippen molar-refractivity contribution in [2.75, 3.05) is 5.32 Å². The van der Waals surface area contributed by atoms with E-state index in [1.54, 1.807) is 0 Å². The number of carbonyl (C=O) groups is 2. The molecule has 2 unspecified atom stereocenters. The van der Waals surface area contributed by atoms with Crippen LogP contribution in [0.1, 0.15) is 19.3 Å². The number of carbonyl (C=O) groups excluding carboxylic acids is 1. The number of benzene rings is 1. The lowest BCUT2D eigenvalue weighted by Gasteiger charge is -2.12. The molecular weight excluding hydrogens is 273 g/mol. The van der Waals surface area contributed by atoms with Crippen LogP contribution in [0.5, 0.6) is 0 Å². The Balaban J connectivity index is 2.02. The number of nitrogens with one attached hydrogen (secondary N) is 1. The summed E-state index contributed by atoms with van der Waals surface area (Å²) in [6, 6.07) is 3.71. The third kappa shape index (κ3) is 3.23. The predicted molar refractivity (Wildman–Crippen MR) is 68.5 cm³/mol. The van der Waals surface area contributed by atoms with Crippen molar-refractivity contribution in [3.63, 3.8) is 0 Å². The summed E-state index contributed by atoms with van der Waals surface area (Å²) in [6.45, 7) is 0. The first-order valence-electron chi connectivity index (χ1n) is 5.96. The minimum absolute atomic E-state index is 0.213. The topological polar surface area (TPSA) is 66.4 Å². The Morgan fingerprint density at radius 2 is 2.00 bits per heavy atom. The van der Waals surface area contributed by atoms with E-state index in [0.717, 1.165) is 6.07 Å². The van der Waals surface area contributed by atoms with E-state index in [1.807, 2.05) is 0 Å². The van der Waals surface area contributed by atoms with Crippen molar-refractivity contribution < 1.29 is 19.1 Å². The first-order chi connectivity index (χ1) is 8.97. The molecule has 2 atom stereocenters. The fourth-order valence-electron chi connectivity index (χ4n) is 2.27. The molecule has 1 aromatic carbocycles. The van der Waals surface area contributed by atoms with Crippen molar-refractivity contribution in [3.8, 4) is 0 Å². The number of aliphatic carboxylic acids is 1. The highest BCUT2D eigenvalue weighted by Crippen LogP contribution is 2.32. The van der Waals surface area contributed by atoms with Crippen molar-refractivity contribution in [1.29, 1.82) is 0 Å². The van der Waals surface area contributed by atoms with E-state index in [2.05, 4.69) is 5.32 Å². The van der Waals surface area contributed by atoms with Gasteiger partial charge in [0.25, 0.3) is 0 Å². The van der Waals surface area contributed by atoms with Crippen LogP contribution < -0.4 is 5.32 Å². The third-order valence-corrected chi connectivity index (χ3v) is 3.67. The Kier molecular flexibility index (Phi) is 4.04. The fourth-order valence-corrected chi connectivity index (χ4v) is 2.44. The highest BCUT2D eigenvalue weighted by atomic mass is 35.5. The number of amides is 1. The Hall–Kier alpha value is -1.62. The third-order valence-electron chi connectivity index (χ3n) is 3.34. The number of anilines is 1. The smallest absolute Gasteiger partial charge is 0.306 e. The molecule has 0 aliphatic heterocycles. The maximum absolute atomic E-state index is 13.1. The molecule has 1 amide bonds. The maximum atomic E-state index is 13.1. The van der Waals surface area contributed by atoms with E-state index in [-0.39, 0.29) is 22.5 Å². The van der Waals surface area contributed by atoms with Gasteiger partial charge in [-0.05, 0) is 37.5 Å². The van der Waals surface area contributed by atoms with Crippen LogP contribution in [0.3, 0.4) is 0 Å². The van der Waals surface area contributed by atoms with Crippen LogP contribution in [0.15, 0.2) is 18.2 Å². The van der Waals surface area contributed by atoms with Gasteiger partial charge in [-0.25, -0.2) is 4.39 Å². The van der Waals surface area contributed by atoms with Crippen LogP contribution in [0, 0.1) is 17.7 Å². The summed E-state index contributed by atoms with van der Waals surface area (Å²) in [5.74, 6) is -2.51. The second-order valence-corrected chi connectivity index (χ2v) is 5.07. The Bertz CT molecular complexity index is 521. The Morgan fingerprint density at radius 1 is 1.32 bits per heavy atom. The van der Waals surface area contributed by atoms with Crippen molar-refractivity contribution in [2.45, 2.75) is 19.3 Å². The molecule has 4 nitrogen and oxygen atoms in total. The van der Waals surface area contributed by atoms with Gasteiger partial charge in [0, 0.05) is 5.92 Å². The molecule has 0 radical (unpaired) electrons. The van der Waals surface area contributed by atoms with Gasteiger partial charge in [0.2, 0.25) is 5.91 Å². The van der Waals surface area contributed by atoms with E-state index in [4.69, 9.17) is 16.7 Å². The normalized spacial score (nSPS) is 22.2. The second-order valence-electron chi connectivity index (χ2n) is 4.66. The van der Waals surface area contributed by atoms with Crippen molar-refractivity contribution >= 4 is 29.2 Å². The molecule has 1 aliphatic carbocycles. The summed E-state index contributed by atoms with van der Waals surface area (Å²) in [5, 5.41) is 11.7. The lowest BCUT2D eigenvalue weighted by atomic mass is 10.0. The molecule has 102 valence electrons. The number of rotatable bonds is 3. The highest BCUT2D eigenvalue weighted by molar-refractivity contribution is 6.33. The number of hydrogen-bond donors (Lipinski definition) is 2. The molecule has 0 heterocycles. The SMILES string of the molecule is O=C(O)C1CCC(C(=O)Nc2cc(F)ccc2Cl)C1. The molecule has 0 saturated heterocycles. The lowest BCUT2D eigenvalue weighted by molar-refractivity contribution is -0.141. The molecule has 2 rings (SSSR count). The predicted octanol–water partition coefficient (Wildman–Crippen LogP) is 2.92. The summed E-state index contributed by atoms with van der Waals surface area (Å²) in [7, 11) is 0. The summed E-state index contributed by atoms with van der Waals surface area (Å²) < 4.78 is 13.1. The average Bonchev–Trinajstić information content (AvgIpc) is 2.83. The van der Waals surface area contributed by atoms with Crippen molar-refractivity contribution in [2.24, 2.45) is 11.8 Å². The number of carboxylic acid groups (broad SMARTS) is 1. The molecule has 1 aliphatic rings. The highest BCUT2D eigenvalue weighted by Gasteiger charge is 2.33. The number of halogens is 2. The molecule has 19 heavy (non-hydrogen) atoms. The van der Waals surface area contributed by atoms with Gasteiger partial charge in [-0.2, -0.15) is 0 Å². The first kappa shape index (κ1) is 13.8. The van der Waals surface area contributed by atoms with Gasteiger partial charge < -0.3 is 10.4 Å². The fraction of sp³-hybridized carbons (Fsp3) is 0.385. The van der Waals surface area contributed by atoms with E-state index in [9.17, 15) is 14.0 Å². The summed E-state index contributed by atoms with van der Waals surface area (Å²) in [6.07, 6.45) is 1.33. The number of carboxylic acids is 1. The zero-order chi connectivity index (χ0) is 14.0. The second kappa shape index (κ2) is 5.57. The number of hydrogen-bond acceptors (Lipinski definition) is 2.